The van der Waals surface area contributed by atoms with Crippen LogP contribution >= 0.6 is 11.3 Å². The molecule has 1 N–H and O–H groups in total. The van der Waals surface area contributed by atoms with Gasteiger partial charge < -0.3 is 9.67 Å². The Morgan fingerprint density at radius 2 is 2.27 bits per heavy atom. The Labute approximate surface area is 89.7 Å². The number of ketones is 1. The maximum atomic E-state index is 11.0. The lowest BCUT2D eigenvalue weighted by atomic mass is 10.4. The minimum atomic E-state index is -1.00. The summed E-state index contributed by atoms with van der Waals surface area (Å²) in [5.41, 5.74) is 0.986. The predicted octanol–water partition coefficient (Wildman–Crippen LogP) is 1.99. The van der Waals surface area contributed by atoms with E-state index in [4.69, 9.17) is 5.11 Å². The van der Waals surface area contributed by atoms with Crippen LogP contribution in [0.2, 0.25) is 0 Å². The third-order valence-corrected chi connectivity index (χ3v) is 2.98. The number of hydrogen-bond donors (Lipinski definition) is 1. The van der Waals surface area contributed by atoms with Gasteiger partial charge >= 0.3 is 5.97 Å². The van der Waals surface area contributed by atoms with Crippen LogP contribution in [-0.4, -0.2) is 21.4 Å². The number of hydrogen-bond acceptors (Lipinski definition) is 3. The van der Waals surface area contributed by atoms with Crippen molar-refractivity contribution >= 4 is 33.3 Å². The van der Waals surface area contributed by atoms with E-state index in [0.29, 0.717) is 0 Å². The fourth-order valence-electron chi connectivity index (χ4n) is 1.55. The standard InChI is InChI=1S/C10H9NO3S/c1-6(12)5-11-7-2-3-15-9(7)4-8(11)10(13)14/h2-4H,5H2,1H3,(H,13,14). The van der Waals surface area contributed by atoms with Crippen molar-refractivity contribution in [2.75, 3.05) is 0 Å². The van der Waals surface area contributed by atoms with E-state index in [0.717, 1.165) is 10.2 Å². The van der Waals surface area contributed by atoms with E-state index in [-0.39, 0.29) is 18.0 Å². The summed E-state index contributed by atoms with van der Waals surface area (Å²) in [6.07, 6.45) is 0. The maximum Gasteiger partial charge on any atom is 0.352 e. The highest BCUT2D eigenvalue weighted by Gasteiger charge is 2.15. The zero-order valence-corrected chi connectivity index (χ0v) is 8.87. The van der Waals surface area contributed by atoms with E-state index in [1.54, 1.807) is 6.07 Å². The number of aromatic nitrogens is 1. The lowest BCUT2D eigenvalue weighted by Gasteiger charge is -2.03. The highest BCUT2D eigenvalue weighted by atomic mass is 32.1. The van der Waals surface area contributed by atoms with Gasteiger partial charge in [-0.05, 0) is 24.4 Å². The molecule has 15 heavy (non-hydrogen) atoms. The molecule has 0 amide bonds. The lowest BCUT2D eigenvalue weighted by molar-refractivity contribution is -0.117. The highest BCUT2D eigenvalue weighted by Crippen LogP contribution is 2.25. The maximum absolute atomic E-state index is 11.0. The van der Waals surface area contributed by atoms with Crippen molar-refractivity contribution in [1.82, 2.24) is 4.57 Å². The predicted molar refractivity (Wildman–Crippen MR) is 57.5 cm³/mol. The first-order valence-corrected chi connectivity index (χ1v) is 5.27. The van der Waals surface area contributed by atoms with Crippen LogP contribution < -0.4 is 0 Å². The lowest BCUT2D eigenvalue weighted by Crippen LogP contribution is -2.12. The summed E-state index contributed by atoms with van der Waals surface area (Å²) in [6.45, 7) is 1.56. The summed E-state index contributed by atoms with van der Waals surface area (Å²) < 4.78 is 2.44. The first kappa shape index (κ1) is 9.92. The second-order valence-electron chi connectivity index (χ2n) is 3.29. The molecule has 0 fully saturated rings. The molecule has 0 saturated heterocycles. The SMILES string of the molecule is CC(=O)Cn1c(C(=O)O)cc2sccc21. The summed E-state index contributed by atoms with van der Waals surface area (Å²) in [6, 6.07) is 3.43. The number of carbonyl (C=O) groups excluding carboxylic acids is 1. The van der Waals surface area contributed by atoms with E-state index >= 15 is 0 Å². The minimum Gasteiger partial charge on any atom is -0.477 e. The normalized spacial score (nSPS) is 10.7. The zero-order valence-electron chi connectivity index (χ0n) is 8.06. The van der Waals surface area contributed by atoms with Gasteiger partial charge in [0.2, 0.25) is 0 Å². The fraction of sp³-hybridized carbons (Fsp3) is 0.200. The Morgan fingerprint density at radius 1 is 1.53 bits per heavy atom. The molecular formula is C10H9NO3S. The van der Waals surface area contributed by atoms with Crippen LogP contribution in [0.1, 0.15) is 17.4 Å². The van der Waals surface area contributed by atoms with Gasteiger partial charge in [0.05, 0.1) is 16.8 Å². The van der Waals surface area contributed by atoms with Gasteiger partial charge in [-0.1, -0.05) is 0 Å². The van der Waals surface area contributed by atoms with Crippen LogP contribution in [0.5, 0.6) is 0 Å². The van der Waals surface area contributed by atoms with Crippen LogP contribution in [-0.2, 0) is 11.3 Å². The smallest absolute Gasteiger partial charge is 0.352 e. The Balaban J connectivity index is 2.63. The largest absolute Gasteiger partial charge is 0.477 e. The fourth-order valence-corrected chi connectivity index (χ4v) is 2.37. The van der Waals surface area contributed by atoms with Gasteiger partial charge in [0.1, 0.15) is 11.5 Å². The number of thiophene rings is 1. The van der Waals surface area contributed by atoms with E-state index in [2.05, 4.69) is 0 Å². The van der Waals surface area contributed by atoms with Crippen molar-refractivity contribution < 1.29 is 14.7 Å². The molecule has 78 valence electrons. The van der Waals surface area contributed by atoms with Crippen LogP contribution in [0.4, 0.5) is 0 Å². The molecule has 4 nitrogen and oxygen atoms in total. The van der Waals surface area contributed by atoms with Gasteiger partial charge in [-0.3, -0.25) is 4.79 Å². The Bertz CT molecular complexity index is 538. The molecule has 0 aliphatic carbocycles. The zero-order chi connectivity index (χ0) is 11.0. The number of Topliss-reactive ketones (excluding diaryl/α,β-unsaturated/α-hetero) is 1. The minimum absolute atomic E-state index is 0.0544. The highest BCUT2D eigenvalue weighted by molar-refractivity contribution is 7.17. The molecule has 2 rings (SSSR count). The first-order valence-electron chi connectivity index (χ1n) is 4.39. The van der Waals surface area contributed by atoms with Crippen LogP contribution in [0.3, 0.4) is 0 Å². The number of carboxylic acids is 1. The second-order valence-corrected chi connectivity index (χ2v) is 4.24. The number of fused-ring (bicyclic) bond motifs is 1. The average molecular weight is 223 g/mol. The van der Waals surface area contributed by atoms with E-state index < -0.39 is 5.97 Å². The number of carboxylic acid groups (broad SMARTS) is 1. The average Bonchev–Trinajstić information content (AvgIpc) is 2.66. The van der Waals surface area contributed by atoms with Gasteiger partial charge in [0.25, 0.3) is 0 Å². The van der Waals surface area contributed by atoms with Crippen LogP contribution in [0.25, 0.3) is 10.2 Å². The van der Waals surface area contributed by atoms with Crippen molar-refractivity contribution in [3.8, 4) is 0 Å². The van der Waals surface area contributed by atoms with Gasteiger partial charge in [0.15, 0.2) is 0 Å². The van der Waals surface area contributed by atoms with Crippen LogP contribution in [0.15, 0.2) is 17.5 Å². The quantitative estimate of drug-likeness (QED) is 0.865. The van der Waals surface area contributed by atoms with Crippen molar-refractivity contribution in [3.63, 3.8) is 0 Å². The Kier molecular flexibility index (Phi) is 2.32. The third kappa shape index (κ3) is 1.66. The molecule has 0 saturated carbocycles. The Morgan fingerprint density at radius 3 is 2.87 bits per heavy atom. The number of aromatic carboxylic acids is 1. The summed E-state index contributed by atoms with van der Waals surface area (Å²) in [5, 5.41) is 10.9. The first-order chi connectivity index (χ1) is 7.09. The number of nitrogens with zero attached hydrogens (tertiary/aromatic N) is 1. The summed E-state index contributed by atoms with van der Waals surface area (Å²) in [5.74, 6) is -1.05. The van der Waals surface area contributed by atoms with E-state index in [1.807, 2.05) is 11.4 Å². The molecule has 2 heterocycles. The molecule has 0 radical (unpaired) electrons. The summed E-state index contributed by atoms with van der Waals surface area (Å²) in [7, 11) is 0. The van der Waals surface area contributed by atoms with E-state index in [9.17, 15) is 9.59 Å². The summed E-state index contributed by atoms with van der Waals surface area (Å²) in [4.78, 5) is 22.0. The third-order valence-electron chi connectivity index (χ3n) is 2.12. The topological polar surface area (TPSA) is 59.3 Å². The molecule has 0 bridgehead atoms. The van der Waals surface area contributed by atoms with Gasteiger partial charge in [-0.15, -0.1) is 11.3 Å². The van der Waals surface area contributed by atoms with E-state index in [1.165, 1.54) is 22.8 Å². The monoisotopic (exact) mass is 223 g/mol. The second kappa shape index (κ2) is 3.51. The van der Waals surface area contributed by atoms with Crippen molar-refractivity contribution in [2.45, 2.75) is 13.5 Å². The van der Waals surface area contributed by atoms with Gasteiger partial charge in [0, 0.05) is 0 Å². The van der Waals surface area contributed by atoms with Crippen molar-refractivity contribution in [2.24, 2.45) is 0 Å². The molecule has 0 unspecified atom stereocenters. The molecule has 0 atom stereocenters. The summed E-state index contributed by atoms with van der Waals surface area (Å²) >= 11 is 1.47. The molecule has 0 aromatic carbocycles. The molecule has 0 aliphatic heterocycles. The van der Waals surface area contributed by atoms with Crippen LogP contribution in [0, 0.1) is 0 Å². The van der Waals surface area contributed by atoms with Crippen molar-refractivity contribution in [1.29, 1.82) is 0 Å². The molecule has 0 spiro atoms. The van der Waals surface area contributed by atoms with Gasteiger partial charge in [-0.2, -0.15) is 0 Å². The number of carbonyl (C=O) groups is 2. The molecule has 5 heteroatoms. The molecule has 2 aromatic heterocycles. The molecular weight excluding hydrogens is 214 g/mol. The molecule has 0 aliphatic rings. The van der Waals surface area contributed by atoms with Crippen molar-refractivity contribution in [3.05, 3.63) is 23.2 Å². The Hall–Kier alpha value is -1.62. The van der Waals surface area contributed by atoms with Gasteiger partial charge in [-0.25, -0.2) is 4.79 Å². The molecule has 2 aromatic rings. The number of rotatable bonds is 3.